The molecule has 3 aromatic rings. The van der Waals surface area contributed by atoms with E-state index in [1.807, 2.05) is 41.3 Å². The molecule has 4 rings (SSSR count). The highest BCUT2D eigenvalue weighted by molar-refractivity contribution is 5.78. The van der Waals surface area contributed by atoms with Crippen LogP contribution in [0, 0.1) is 0 Å². The fourth-order valence-electron chi connectivity index (χ4n) is 3.32. The topological polar surface area (TPSA) is 51.0 Å². The number of aromatic nitrogens is 3. The van der Waals surface area contributed by atoms with Gasteiger partial charge in [0.1, 0.15) is 6.04 Å². The van der Waals surface area contributed by atoms with Gasteiger partial charge in [-0.1, -0.05) is 60.7 Å². The van der Waals surface area contributed by atoms with Gasteiger partial charge in [-0.15, -0.1) is 0 Å². The maximum Gasteiger partial charge on any atom is 0.223 e. The van der Waals surface area contributed by atoms with Crippen LogP contribution in [0.1, 0.15) is 29.5 Å². The monoisotopic (exact) mass is 332 g/mol. The van der Waals surface area contributed by atoms with Gasteiger partial charge in [0.25, 0.3) is 0 Å². The predicted molar refractivity (Wildman–Crippen MR) is 95.0 cm³/mol. The zero-order chi connectivity index (χ0) is 17.1. The lowest BCUT2D eigenvalue weighted by Gasteiger charge is -2.39. The molecular weight excluding hydrogens is 312 g/mol. The Hall–Kier alpha value is -2.95. The fraction of sp³-hybridized carbons (Fsp3) is 0.250. The SMILES string of the molecule is O=C(CC(c1ccccc1)c1ccccc1)N1CC(n2nccn2)C1. The van der Waals surface area contributed by atoms with Crippen molar-refractivity contribution in [1.82, 2.24) is 19.9 Å². The van der Waals surface area contributed by atoms with Crippen molar-refractivity contribution in [2.24, 2.45) is 0 Å². The fourth-order valence-corrected chi connectivity index (χ4v) is 3.32. The molecule has 0 atom stereocenters. The summed E-state index contributed by atoms with van der Waals surface area (Å²) in [5.74, 6) is 0.262. The summed E-state index contributed by atoms with van der Waals surface area (Å²) >= 11 is 0. The Morgan fingerprint density at radius 1 is 0.920 bits per heavy atom. The van der Waals surface area contributed by atoms with Gasteiger partial charge in [-0.25, -0.2) is 0 Å². The van der Waals surface area contributed by atoms with Gasteiger partial charge >= 0.3 is 0 Å². The summed E-state index contributed by atoms with van der Waals surface area (Å²) < 4.78 is 0. The molecule has 0 unspecified atom stereocenters. The highest BCUT2D eigenvalue weighted by Crippen LogP contribution is 2.30. The average molecular weight is 332 g/mol. The number of likely N-dealkylation sites (tertiary alicyclic amines) is 1. The normalized spacial score (nSPS) is 14.5. The second kappa shape index (κ2) is 6.89. The highest BCUT2D eigenvalue weighted by Gasteiger charge is 2.34. The van der Waals surface area contributed by atoms with Crippen LogP contribution in [-0.2, 0) is 4.79 Å². The van der Waals surface area contributed by atoms with Crippen molar-refractivity contribution in [1.29, 1.82) is 0 Å². The molecule has 1 aliphatic heterocycles. The molecular formula is C20H20N4O. The molecule has 1 amide bonds. The second-order valence-electron chi connectivity index (χ2n) is 6.38. The molecule has 2 heterocycles. The van der Waals surface area contributed by atoms with Crippen molar-refractivity contribution in [3.8, 4) is 0 Å². The van der Waals surface area contributed by atoms with Crippen molar-refractivity contribution in [2.45, 2.75) is 18.4 Å². The molecule has 1 fully saturated rings. The van der Waals surface area contributed by atoms with E-state index in [9.17, 15) is 4.79 Å². The molecule has 0 radical (unpaired) electrons. The van der Waals surface area contributed by atoms with E-state index in [0.29, 0.717) is 19.5 Å². The molecule has 0 aliphatic carbocycles. The number of hydrogen-bond donors (Lipinski definition) is 0. The Kier molecular flexibility index (Phi) is 4.29. The quantitative estimate of drug-likeness (QED) is 0.722. The maximum absolute atomic E-state index is 12.8. The largest absolute Gasteiger partial charge is 0.338 e. The summed E-state index contributed by atoms with van der Waals surface area (Å²) in [7, 11) is 0. The zero-order valence-electron chi connectivity index (χ0n) is 13.9. The van der Waals surface area contributed by atoms with Crippen molar-refractivity contribution >= 4 is 5.91 Å². The Morgan fingerprint density at radius 3 is 1.96 bits per heavy atom. The van der Waals surface area contributed by atoms with E-state index in [-0.39, 0.29) is 17.9 Å². The first-order valence-corrected chi connectivity index (χ1v) is 8.55. The third kappa shape index (κ3) is 3.31. The molecule has 2 aromatic carbocycles. The lowest BCUT2D eigenvalue weighted by atomic mass is 9.87. The summed E-state index contributed by atoms with van der Waals surface area (Å²) in [6.45, 7) is 1.37. The van der Waals surface area contributed by atoms with Crippen LogP contribution in [0.25, 0.3) is 0 Å². The smallest absolute Gasteiger partial charge is 0.223 e. The Morgan fingerprint density at radius 2 is 1.44 bits per heavy atom. The lowest BCUT2D eigenvalue weighted by Crippen LogP contribution is -2.51. The van der Waals surface area contributed by atoms with Crippen LogP contribution < -0.4 is 0 Å². The van der Waals surface area contributed by atoms with E-state index in [2.05, 4.69) is 34.5 Å². The molecule has 5 heteroatoms. The minimum Gasteiger partial charge on any atom is -0.338 e. The van der Waals surface area contributed by atoms with Crippen LogP contribution in [0.15, 0.2) is 73.1 Å². The third-order valence-electron chi connectivity index (χ3n) is 4.76. The van der Waals surface area contributed by atoms with Gasteiger partial charge in [0.2, 0.25) is 5.91 Å². The van der Waals surface area contributed by atoms with Crippen LogP contribution in [0.3, 0.4) is 0 Å². The lowest BCUT2D eigenvalue weighted by molar-refractivity contribution is -0.137. The molecule has 0 bridgehead atoms. The number of rotatable bonds is 5. The first kappa shape index (κ1) is 15.6. The number of nitrogens with zero attached hydrogens (tertiary/aromatic N) is 4. The first-order valence-electron chi connectivity index (χ1n) is 8.55. The molecule has 0 N–H and O–H groups in total. The van der Waals surface area contributed by atoms with E-state index < -0.39 is 0 Å². The number of amides is 1. The van der Waals surface area contributed by atoms with Gasteiger partial charge in [0.05, 0.1) is 12.4 Å². The van der Waals surface area contributed by atoms with Crippen molar-refractivity contribution in [3.63, 3.8) is 0 Å². The summed E-state index contributed by atoms with van der Waals surface area (Å²) in [6, 6.07) is 20.7. The van der Waals surface area contributed by atoms with Crippen LogP contribution in [0.4, 0.5) is 0 Å². The van der Waals surface area contributed by atoms with Gasteiger partial charge in [0, 0.05) is 25.4 Å². The van der Waals surface area contributed by atoms with Gasteiger partial charge in [-0.05, 0) is 11.1 Å². The van der Waals surface area contributed by atoms with Crippen LogP contribution in [0.2, 0.25) is 0 Å². The Labute approximate surface area is 146 Å². The predicted octanol–water partition coefficient (Wildman–Crippen LogP) is 2.88. The number of carbonyl (C=O) groups excluding carboxylic acids is 1. The molecule has 126 valence electrons. The van der Waals surface area contributed by atoms with E-state index >= 15 is 0 Å². The summed E-state index contributed by atoms with van der Waals surface area (Å²) in [4.78, 5) is 16.4. The molecule has 0 saturated carbocycles. The van der Waals surface area contributed by atoms with Gasteiger partial charge in [-0.3, -0.25) is 4.79 Å². The maximum atomic E-state index is 12.8. The van der Waals surface area contributed by atoms with Crippen molar-refractivity contribution in [2.75, 3.05) is 13.1 Å². The Bertz CT molecular complexity index is 772. The van der Waals surface area contributed by atoms with E-state index in [1.54, 1.807) is 17.2 Å². The van der Waals surface area contributed by atoms with Crippen LogP contribution in [-0.4, -0.2) is 38.9 Å². The van der Waals surface area contributed by atoms with Crippen molar-refractivity contribution < 1.29 is 4.79 Å². The van der Waals surface area contributed by atoms with Crippen molar-refractivity contribution in [3.05, 3.63) is 84.2 Å². The molecule has 0 spiro atoms. The number of benzene rings is 2. The Balaban J connectivity index is 1.47. The number of carbonyl (C=O) groups is 1. The van der Waals surface area contributed by atoms with Gasteiger partial charge in [-0.2, -0.15) is 15.0 Å². The highest BCUT2D eigenvalue weighted by atomic mass is 16.2. The summed E-state index contributed by atoms with van der Waals surface area (Å²) in [5.41, 5.74) is 2.35. The average Bonchev–Trinajstić information content (AvgIpc) is 3.14. The molecule has 1 aliphatic rings. The van der Waals surface area contributed by atoms with Crippen LogP contribution >= 0.6 is 0 Å². The number of hydrogen-bond acceptors (Lipinski definition) is 3. The zero-order valence-corrected chi connectivity index (χ0v) is 13.9. The van der Waals surface area contributed by atoms with Gasteiger partial charge in [0.15, 0.2) is 0 Å². The summed E-state index contributed by atoms with van der Waals surface area (Å²) in [6.07, 6.45) is 3.82. The minimum absolute atomic E-state index is 0.0804. The van der Waals surface area contributed by atoms with E-state index in [4.69, 9.17) is 0 Å². The third-order valence-corrected chi connectivity index (χ3v) is 4.76. The van der Waals surface area contributed by atoms with E-state index in [0.717, 1.165) is 0 Å². The molecule has 5 nitrogen and oxygen atoms in total. The first-order chi connectivity index (χ1) is 12.3. The molecule has 25 heavy (non-hydrogen) atoms. The molecule has 1 saturated heterocycles. The minimum atomic E-state index is 0.0804. The van der Waals surface area contributed by atoms with Crippen LogP contribution in [0.5, 0.6) is 0 Å². The molecule has 1 aromatic heterocycles. The summed E-state index contributed by atoms with van der Waals surface area (Å²) in [5, 5.41) is 8.31. The standard InChI is InChI=1S/C20H20N4O/c25-20(23-14-18(15-23)24-21-11-12-22-24)13-19(16-7-3-1-4-8-16)17-9-5-2-6-10-17/h1-12,18-19H,13-15H2. The van der Waals surface area contributed by atoms with Gasteiger partial charge < -0.3 is 4.90 Å². The second-order valence-corrected chi connectivity index (χ2v) is 6.38. The van der Waals surface area contributed by atoms with E-state index in [1.165, 1.54) is 11.1 Å².